The molecule has 0 spiro atoms. The van der Waals surface area contributed by atoms with Gasteiger partial charge in [-0.15, -0.1) is 0 Å². The molecule has 0 aromatic heterocycles. The SMILES string of the molecule is COc1ccc(CCS(=O)(=O)c2cccc(C)c2N)cc1. The number of hydrogen-bond donors (Lipinski definition) is 1. The van der Waals surface area contributed by atoms with Crippen molar-refractivity contribution in [1.29, 1.82) is 0 Å². The molecular weight excluding hydrogens is 286 g/mol. The van der Waals surface area contributed by atoms with Gasteiger partial charge >= 0.3 is 0 Å². The van der Waals surface area contributed by atoms with Crippen LogP contribution in [0.5, 0.6) is 5.75 Å². The van der Waals surface area contributed by atoms with Crippen molar-refractivity contribution in [2.75, 3.05) is 18.6 Å². The molecule has 0 aliphatic heterocycles. The molecule has 5 heteroatoms. The Balaban J connectivity index is 2.15. The molecule has 0 aliphatic carbocycles. The Morgan fingerprint density at radius 2 is 1.76 bits per heavy atom. The molecule has 21 heavy (non-hydrogen) atoms. The maximum absolute atomic E-state index is 12.4. The fourth-order valence-electron chi connectivity index (χ4n) is 2.08. The minimum atomic E-state index is -3.38. The lowest BCUT2D eigenvalue weighted by atomic mass is 10.2. The summed E-state index contributed by atoms with van der Waals surface area (Å²) in [4.78, 5) is 0.219. The minimum Gasteiger partial charge on any atom is -0.497 e. The minimum absolute atomic E-state index is 0.0347. The summed E-state index contributed by atoms with van der Waals surface area (Å²) in [7, 11) is -1.79. The molecule has 0 fully saturated rings. The Labute approximate surface area is 125 Å². The molecule has 0 unspecified atom stereocenters. The molecule has 0 saturated heterocycles. The number of anilines is 1. The quantitative estimate of drug-likeness (QED) is 0.862. The van der Waals surface area contributed by atoms with E-state index in [2.05, 4.69) is 0 Å². The van der Waals surface area contributed by atoms with Gasteiger partial charge in [0.25, 0.3) is 0 Å². The van der Waals surface area contributed by atoms with E-state index in [4.69, 9.17) is 10.5 Å². The van der Waals surface area contributed by atoms with Crippen molar-refractivity contribution < 1.29 is 13.2 Å². The van der Waals surface area contributed by atoms with E-state index in [9.17, 15) is 8.42 Å². The number of rotatable bonds is 5. The Hall–Kier alpha value is -2.01. The topological polar surface area (TPSA) is 69.4 Å². The van der Waals surface area contributed by atoms with Crippen molar-refractivity contribution >= 4 is 15.5 Å². The zero-order valence-electron chi connectivity index (χ0n) is 12.2. The van der Waals surface area contributed by atoms with Crippen LogP contribution >= 0.6 is 0 Å². The first-order valence-electron chi connectivity index (χ1n) is 6.65. The zero-order chi connectivity index (χ0) is 15.5. The molecule has 0 radical (unpaired) electrons. The highest BCUT2D eigenvalue weighted by Crippen LogP contribution is 2.23. The van der Waals surface area contributed by atoms with Gasteiger partial charge in [-0.25, -0.2) is 8.42 Å². The van der Waals surface area contributed by atoms with Crippen LogP contribution in [0.25, 0.3) is 0 Å². The van der Waals surface area contributed by atoms with Gasteiger partial charge in [0.1, 0.15) is 5.75 Å². The molecule has 112 valence electrons. The number of hydrogen-bond acceptors (Lipinski definition) is 4. The summed E-state index contributed by atoms with van der Waals surface area (Å²) in [6.45, 7) is 1.80. The number of benzene rings is 2. The van der Waals surface area contributed by atoms with Gasteiger partial charge in [0.05, 0.1) is 23.4 Å². The van der Waals surface area contributed by atoms with Gasteiger partial charge in [-0.05, 0) is 42.7 Å². The van der Waals surface area contributed by atoms with Crippen molar-refractivity contribution in [3.05, 3.63) is 53.6 Å². The summed E-state index contributed by atoms with van der Waals surface area (Å²) in [5.41, 5.74) is 7.95. The first-order chi connectivity index (χ1) is 9.94. The summed E-state index contributed by atoms with van der Waals surface area (Å²) >= 11 is 0. The number of methoxy groups -OCH3 is 1. The van der Waals surface area contributed by atoms with Crippen LogP contribution in [0.15, 0.2) is 47.4 Å². The molecule has 0 heterocycles. The molecule has 0 atom stereocenters. The second-order valence-electron chi connectivity index (χ2n) is 4.90. The fourth-order valence-corrected chi connectivity index (χ4v) is 3.59. The van der Waals surface area contributed by atoms with Gasteiger partial charge in [-0.1, -0.05) is 24.3 Å². The first kappa shape index (κ1) is 15.4. The van der Waals surface area contributed by atoms with E-state index in [1.807, 2.05) is 24.3 Å². The number of aryl methyl sites for hydroxylation is 2. The van der Waals surface area contributed by atoms with Crippen molar-refractivity contribution in [2.45, 2.75) is 18.2 Å². The zero-order valence-corrected chi connectivity index (χ0v) is 13.0. The average molecular weight is 305 g/mol. The molecular formula is C16H19NO3S. The Bertz CT molecular complexity index is 722. The number of nitrogens with two attached hydrogens (primary N) is 1. The third-order valence-corrected chi connectivity index (χ3v) is 5.21. The van der Waals surface area contributed by atoms with Crippen molar-refractivity contribution in [3.8, 4) is 5.75 Å². The molecule has 2 rings (SSSR count). The third kappa shape index (κ3) is 3.55. The Kier molecular flexibility index (Phi) is 4.53. The van der Waals surface area contributed by atoms with Crippen LogP contribution < -0.4 is 10.5 Å². The van der Waals surface area contributed by atoms with Gasteiger partial charge in [-0.3, -0.25) is 0 Å². The van der Waals surface area contributed by atoms with Crippen LogP contribution in [0.3, 0.4) is 0 Å². The second-order valence-corrected chi connectivity index (χ2v) is 6.98. The van der Waals surface area contributed by atoms with E-state index >= 15 is 0 Å². The third-order valence-electron chi connectivity index (χ3n) is 3.44. The Morgan fingerprint density at radius 1 is 1.10 bits per heavy atom. The summed E-state index contributed by atoms with van der Waals surface area (Å²) in [6, 6.07) is 12.5. The molecule has 0 aliphatic rings. The van der Waals surface area contributed by atoms with Crippen LogP contribution in [0.1, 0.15) is 11.1 Å². The van der Waals surface area contributed by atoms with Crippen LogP contribution in [0, 0.1) is 6.92 Å². The largest absolute Gasteiger partial charge is 0.497 e. The predicted molar refractivity (Wildman–Crippen MR) is 84.3 cm³/mol. The van der Waals surface area contributed by atoms with Gasteiger partial charge in [-0.2, -0.15) is 0 Å². The predicted octanol–water partition coefficient (Wildman–Crippen LogP) is 2.60. The lowest BCUT2D eigenvalue weighted by Crippen LogP contribution is -2.12. The fraction of sp³-hybridized carbons (Fsp3) is 0.250. The average Bonchev–Trinajstić information content (AvgIpc) is 2.48. The number of sulfone groups is 1. The number of nitrogen functional groups attached to an aromatic ring is 1. The lowest BCUT2D eigenvalue weighted by Gasteiger charge is -2.09. The van der Waals surface area contributed by atoms with Crippen molar-refractivity contribution in [2.24, 2.45) is 0 Å². The molecule has 0 saturated carbocycles. The summed E-state index contributed by atoms with van der Waals surface area (Å²) in [5.74, 6) is 0.789. The molecule has 0 bridgehead atoms. The van der Waals surface area contributed by atoms with Gasteiger partial charge in [0.2, 0.25) is 0 Å². The highest BCUT2D eigenvalue weighted by Gasteiger charge is 2.18. The van der Waals surface area contributed by atoms with E-state index in [0.717, 1.165) is 16.9 Å². The van der Waals surface area contributed by atoms with Gasteiger partial charge < -0.3 is 10.5 Å². The monoisotopic (exact) mass is 305 g/mol. The van der Waals surface area contributed by atoms with E-state index in [-0.39, 0.29) is 10.6 Å². The highest BCUT2D eigenvalue weighted by molar-refractivity contribution is 7.91. The lowest BCUT2D eigenvalue weighted by molar-refractivity contribution is 0.414. The van der Waals surface area contributed by atoms with E-state index in [0.29, 0.717) is 12.1 Å². The first-order valence-corrected chi connectivity index (χ1v) is 8.30. The van der Waals surface area contributed by atoms with Crippen molar-refractivity contribution in [3.63, 3.8) is 0 Å². The second kappa shape index (κ2) is 6.18. The number of para-hydroxylation sites is 1. The molecule has 0 amide bonds. The molecule has 2 N–H and O–H groups in total. The normalized spacial score (nSPS) is 11.3. The van der Waals surface area contributed by atoms with Crippen LogP contribution in [-0.4, -0.2) is 21.3 Å². The van der Waals surface area contributed by atoms with E-state index in [1.165, 1.54) is 0 Å². The van der Waals surface area contributed by atoms with Gasteiger partial charge in [0.15, 0.2) is 9.84 Å². The van der Waals surface area contributed by atoms with E-state index in [1.54, 1.807) is 32.2 Å². The smallest absolute Gasteiger partial charge is 0.180 e. The van der Waals surface area contributed by atoms with Crippen LogP contribution in [0.2, 0.25) is 0 Å². The molecule has 2 aromatic carbocycles. The van der Waals surface area contributed by atoms with Gasteiger partial charge in [0, 0.05) is 0 Å². The van der Waals surface area contributed by atoms with Crippen LogP contribution in [-0.2, 0) is 16.3 Å². The summed E-state index contributed by atoms with van der Waals surface area (Å²) in [5, 5.41) is 0. The maximum Gasteiger partial charge on any atom is 0.180 e. The standard InChI is InChI=1S/C16H19NO3S/c1-12-4-3-5-15(16(12)17)21(18,19)11-10-13-6-8-14(20-2)9-7-13/h3-9H,10-11,17H2,1-2H3. The summed E-state index contributed by atoms with van der Waals surface area (Å²) in [6.07, 6.45) is 0.444. The van der Waals surface area contributed by atoms with Crippen molar-refractivity contribution in [1.82, 2.24) is 0 Å². The summed E-state index contributed by atoms with van der Waals surface area (Å²) < 4.78 is 29.9. The van der Waals surface area contributed by atoms with Crippen LogP contribution in [0.4, 0.5) is 5.69 Å². The Morgan fingerprint density at radius 3 is 2.38 bits per heavy atom. The molecule has 2 aromatic rings. The number of ether oxygens (including phenoxy) is 1. The van der Waals surface area contributed by atoms with E-state index < -0.39 is 9.84 Å². The maximum atomic E-state index is 12.4. The highest BCUT2D eigenvalue weighted by atomic mass is 32.2. The molecule has 4 nitrogen and oxygen atoms in total.